The van der Waals surface area contributed by atoms with Gasteiger partial charge in [0.1, 0.15) is 0 Å². The largest absolute Gasteiger partial charge is 0.356 e. The smallest absolute Gasteiger partial charge is 0.208 e. The first-order valence-electron chi connectivity index (χ1n) is 8.41. The first-order chi connectivity index (χ1) is 12.5. The molecule has 2 rings (SSSR count). The first kappa shape index (κ1) is 23.4. The molecule has 1 aromatic heterocycles. The maximum atomic E-state index is 11.0. The lowest BCUT2D eigenvalue weighted by atomic mass is 10.1. The van der Waals surface area contributed by atoms with E-state index in [1.54, 1.807) is 13.2 Å². The van der Waals surface area contributed by atoms with Gasteiger partial charge in [0.2, 0.25) is 10.0 Å². The van der Waals surface area contributed by atoms with Gasteiger partial charge < -0.3 is 10.6 Å². The van der Waals surface area contributed by atoms with Crippen LogP contribution in [-0.2, 0) is 23.1 Å². The molecule has 1 aromatic carbocycles. The van der Waals surface area contributed by atoms with Gasteiger partial charge in [-0.2, -0.15) is 5.10 Å². The van der Waals surface area contributed by atoms with E-state index in [1.165, 1.54) is 11.1 Å². The highest BCUT2D eigenvalue weighted by Gasteiger charge is 2.05. The van der Waals surface area contributed by atoms with Crippen molar-refractivity contribution in [1.29, 1.82) is 0 Å². The maximum Gasteiger partial charge on any atom is 0.208 e. The van der Waals surface area contributed by atoms with Crippen LogP contribution in [0.15, 0.2) is 47.7 Å². The molecule has 0 saturated heterocycles. The Labute approximate surface area is 177 Å². The van der Waals surface area contributed by atoms with Gasteiger partial charge in [0.05, 0.1) is 12.8 Å². The van der Waals surface area contributed by atoms with Gasteiger partial charge >= 0.3 is 0 Å². The Morgan fingerprint density at radius 2 is 1.89 bits per heavy atom. The summed E-state index contributed by atoms with van der Waals surface area (Å²) >= 11 is 0. The SMILES string of the molecule is CN=C(NCCCNS(C)(=O)=O)NCc1ccccc1Cn1cccn1.I. The fourth-order valence-corrected chi connectivity index (χ4v) is 2.92. The van der Waals surface area contributed by atoms with Crippen molar-refractivity contribution in [2.45, 2.75) is 19.5 Å². The van der Waals surface area contributed by atoms with Gasteiger partial charge in [0.25, 0.3) is 0 Å². The Bertz CT molecular complexity index is 809. The average Bonchev–Trinajstić information content (AvgIpc) is 3.10. The van der Waals surface area contributed by atoms with Gasteiger partial charge in [-0.25, -0.2) is 13.1 Å². The summed E-state index contributed by atoms with van der Waals surface area (Å²) in [5.41, 5.74) is 2.36. The molecular weight excluding hydrogens is 479 g/mol. The first-order valence-corrected chi connectivity index (χ1v) is 10.3. The third kappa shape index (κ3) is 9.20. The van der Waals surface area contributed by atoms with Crippen LogP contribution in [0, 0.1) is 0 Å². The topological polar surface area (TPSA) is 100 Å². The molecule has 1 heterocycles. The molecule has 0 aliphatic rings. The van der Waals surface area contributed by atoms with Gasteiger partial charge in [-0.3, -0.25) is 9.67 Å². The molecule has 0 fully saturated rings. The second-order valence-electron chi connectivity index (χ2n) is 5.84. The number of hydrogen-bond donors (Lipinski definition) is 3. The third-order valence-electron chi connectivity index (χ3n) is 3.69. The highest BCUT2D eigenvalue weighted by atomic mass is 127. The van der Waals surface area contributed by atoms with E-state index in [-0.39, 0.29) is 24.0 Å². The molecule has 0 bridgehead atoms. The molecule has 0 spiro atoms. The summed E-state index contributed by atoms with van der Waals surface area (Å²) in [6.07, 6.45) is 5.53. The number of hydrogen-bond acceptors (Lipinski definition) is 4. The average molecular weight is 506 g/mol. The number of sulfonamides is 1. The van der Waals surface area contributed by atoms with Crippen LogP contribution in [0.3, 0.4) is 0 Å². The van der Waals surface area contributed by atoms with Crippen LogP contribution in [0.1, 0.15) is 17.5 Å². The molecule has 2 aromatic rings. The van der Waals surface area contributed by atoms with E-state index in [0.29, 0.717) is 38.6 Å². The van der Waals surface area contributed by atoms with Crippen LogP contribution >= 0.6 is 24.0 Å². The van der Waals surface area contributed by atoms with Crippen LogP contribution < -0.4 is 15.4 Å². The van der Waals surface area contributed by atoms with Crippen molar-refractivity contribution < 1.29 is 8.42 Å². The molecule has 0 unspecified atom stereocenters. The molecule has 0 amide bonds. The number of nitrogens with one attached hydrogen (secondary N) is 3. The second-order valence-corrected chi connectivity index (χ2v) is 7.68. The number of benzene rings is 1. The van der Waals surface area contributed by atoms with Crippen molar-refractivity contribution in [3.8, 4) is 0 Å². The Morgan fingerprint density at radius 1 is 1.15 bits per heavy atom. The zero-order chi connectivity index (χ0) is 18.8. The van der Waals surface area contributed by atoms with E-state index in [2.05, 4.69) is 37.6 Å². The molecule has 0 aliphatic carbocycles. The summed E-state index contributed by atoms with van der Waals surface area (Å²) in [5, 5.41) is 10.7. The lowest BCUT2D eigenvalue weighted by Crippen LogP contribution is -2.38. The standard InChI is InChI=1S/C17H26N6O2S.HI/c1-18-17(19-9-5-11-22-26(2,24)25)20-13-15-7-3-4-8-16(15)14-23-12-6-10-21-23;/h3-4,6-8,10,12,22H,5,9,11,13-14H2,1-2H3,(H2,18,19,20);1H. The molecule has 150 valence electrons. The zero-order valence-electron chi connectivity index (χ0n) is 15.6. The molecule has 0 radical (unpaired) electrons. The van der Waals surface area contributed by atoms with Gasteiger partial charge in [0.15, 0.2) is 5.96 Å². The van der Waals surface area contributed by atoms with Crippen LogP contribution in [0.5, 0.6) is 0 Å². The minimum absolute atomic E-state index is 0. The van der Waals surface area contributed by atoms with E-state index < -0.39 is 10.0 Å². The van der Waals surface area contributed by atoms with Gasteiger partial charge in [-0.1, -0.05) is 24.3 Å². The Morgan fingerprint density at radius 3 is 2.52 bits per heavy atom. The maximum absolute atomic E-state index is 11.0. The van der Waals surface area contributed by atoms with Crippen molar-refractivity contribution >= 4 is 40.0 Å². The quantitative estimate of drug-likeness (QED) is 0.205. The van der Waals surface area contributed by atoms with E-state index in [0.717, 1.165) is 6.26 Å². The van der Waals surface area contributed by atoms with Crippen LogP contribution in [0.4, 0.5) is 0 Å². The van der Waals surface area contributed by atoms with E-state index in [4.69, 9.17) is 0 Å². The molecule has 10 heteroatoms. The number of guanidine groups is 1. The monoisotopic (exact) mass is 506 g/mol. The number of rotatable bonds is 9. The Balaban J connectivity index is 0.00000364. The van der Waals surface area contributed by atoms with Crippen LogP contribution in [-0.4, -0.2) is 50.6 Å². The fraction of sp³-hybridized carbons (Fsp3) is 0.412. The van der Waals surface area contributed by atoms with Crippen molar-refractivity contribution in [2.24, 2.45) is 4.99 Å². The van der Waals surface area contributed by atoms with Crippen molar-refractivity contribution in [2.75, 3.05) is 26.4 Å². The van der Waals surface area contributed by atoms with Gasteiger partial charge in [-0.15, -0.1) is 24.0 Å². The van der Waals surface area contributed by atoms with Crippen molar-refractivity contribution in [3.05, 3.63) is 53.9 Å². The minimum Gasteiger partial charge on any atom is -0.356 e. The second kappa shape index (κ2) is 11.9. The van der Waals surface area contributed by atoms with Crippen molar-refractivity contribution in [1.82, 2.24) is 25.1 Å². The van der Waals surface area contributed by atoms with Crippen LogP contribution in [0.2, 0.25) is 0 Å². The summed E-state index contributed by atoms with van der Waals surface area (Å²) in [4.78, 5) is 4.19. The highest BCUT2D eigenvalue weighted by Crippen LogP contribution is 2.10. The predicted octanol–water partition coefficient (Wildman–Crippen LogP) is 1.15. The lowest BCUT2D eigenvalue weighted by molar-refractivity contribution is 0.584. The lowest BCUT2D eigenvalue weighted by Gasteiger charge is -2.14. The number of halogens is 1. The minimum atomic E-state index is -3.13. The van der Waals surface area contributed by atoms with Gasteiger partial charge in [0, 0.05) is 39.1 Å². The molecule has 8 nitrogen and oxygen atoms in total. The summed E-state index contributed by atoms with van der Waals surface area (Å²) in [7, 11) is -1.43. The van der Waals surface area contributed by atoms with Crippen molar-refractivity contribution in [3.63, 3.8) is 0 Å². The summed E-state index contributed by atoms with van der Waals surface area (Å²) in [5.74, 6) is 0.679. The fourth-order valence-electron chi connectivity index (χ4n) is 2.41. The molecule has 0 atom stereocenters. The Kier molecular flexibility index (Phi) is 10.3. The van der Waals surface area contributed by atoms with E-state index >= 15 is 0 Å². The molecule has 0 saturated carbocycles. The number of nitrogens with zero attached hydrogens (tertiary/aromatic N) is 3. The Hall–Kier alpha value is -1.66. The highest BCUT2D eigenvalue weighted by molar-refractivity contribution is 14.0. The normalized spacial score (nSPS) is 11.7. The number of aliphatic imine (C=N–C) groups is 1. The predicted molar refractivity (Wildman–Crippen MR) is 119 cm³/mol. The van der Waals surface area contributed by atoms with E-state index in [9.17, 15) is 8.42 Å². The molecule has 3 N–H and O–H groups in total. The summed E-state index contributed by atoms with van der Waals surface area (Å²) in [6, 6.07) is 10.1. The van der Waals surface area contributed by atoms with Gasteiger partial charge in [-0.05, 0) is 23.6 Å². The zero-order valence-corrected chi connectivity index (χ0v) is 18.7. The van der Waals surface area contributed by atoms with Crippen LogP contribution in [0.25, 0.3) is 0 Å². The summed E-state index contributed by atoms with van der Waals surface area (Å²) in [6.45, 7) is 2.37. The third-order valence-corrected chi connectivity index (χ3v) is 4.42. The van der Waals surface area contributed by atoms with E-state index in [1.807, 2.05) is 29.1 Å². The molecule has 0 aliphatic heterocycles. The summed E-state index contributed by atoms with van der Waals surface area (Å²) < 4.78 is 26.4. The molecule has 27 heavy (non-hydrogen) atoms. The molecular formula is C17H27IN6O2S. The number of aromatic nitrogens is 2.